The molecule has 1 aliphatic rings. The number of methoxy groups -OCH3 is 2. The Morgan fingerprint density at radius 3 is 2.61 bits per heavy atom. The molecule has 1 amide bonds. The third kappa shape index (κ3) is 3.61. The standard InChI is InChI=1S/C20H17NO5S2/c1-11-7-8-13(19(23)24)9-14(11)21-18(22)16(28-20(21)27)10-12-5-4-6-15(25-2)17(12)26-3/h4-10H,1-3H3,(H,23,24)/p-1/b16-10-. The summed E-state index contributed by atoms with van der Waals surface area (Å²) >= 11 is 6.52. The highest BCUT2D eigenvalue weighted by Crippen LogP contribution is 2.40. The van der Waals surface area contributed by atoms with E-state index >= 15 is 0 Å². The summed E-state index contributed by atoms with van der Waals surface area (Å²) in [4.78, 5) is 25.9. The van der Waals surface area contributed by atoms with E-state index in [1.54, 1.807) is 37.3 Å². The summed E-state index contributed by atoms with van der Waals surface area (Å²) in [6.45, 7) is 1.78. The van der Waals surface area contributed by atoms with Crippen molar-refractivity contribution >= 4 is 51.9 Å². The van der Waals surface area contributed by atoms with Crippen molar-refractivity contribution in [2.45, 2.75) is 6.92 Å². The number of carbonyl (C=O) groups excluding carboxylic acids is 2. The average molecular weight is 414 g/mol. The van der Waals surface area contributed by atoms with E-state index in [0.29, 0.717) is 32.0 Å². The Morgan fingerprint density at radius 1 is 1.21 bits per heavy atom. The van der Waals surface area contributed by atoms with Gasteiger partial charge in [0.15, 0.2) is 15.8 Å². The highest BCUT2D eigenvalue weighted by molar-refractivity contribution is 8.27. The van der Waals surface area contributed by atoms with Crippen molar-refractivity contribution in [3.05, 3.63) is 58.0 Å². The van der Waals surface area contributed by atoms with Crippen molar-refractivity contribution in [3.63, 3.8) is 0 Å². The van der Waals surface area contributed by atoms with Crippen LogP contribution in [0.2, 0.25) is 0 Å². The fourth-order valence-corrected chi connectivity index (χ4v) is 4.10. The number of nitrogens with zero attached hydrogens (tertiary/aromatic N) is 1. The Hall–Kier alpha value is -2.84. The van der Waals surface area contributed by atoms with Gasteiger partial charge in [0.2, 0.25) is 0 Å². The Morgan fingerprint density at radius 2 is 1.96 bits per heavy atom. The summed E-state index contributed by atoms with van der Waals surface area (Å²) in [5.74, 6) is -0.601. The van der Waals surface area contributed by atoms with Crippen LogP contribution in [0.15, 0.2) is 41.3 Å². The van der Waals surface area contributed by atoms with Gasteiger partial charge in [0.25, 0.3) is 5.91 Å². The zero-order valence-electron chi connectivity index (χ0n) is 15.3. The van der Waals surface area contributed by atoms with E-state index in [0.717, 1.165) is 17.3 Å². The van der Waals surface area contributed by atoms with Gasteiger partial charge in [0, 0.05) is 5.56 Å². The van der Waals surface area contributed by atoms with E-state index in [1.807, 2.05) is 0 Å². The van der Waals surface area contributed by atoms with Crippen molar-refractivity contribution in [2.24, 2.45) is 0 Å². The fraction of sp³-hybridized carbons (Fsp3) is 0.150. The Kier molecular flexibility index (Phi) is 5.71. The van der Waals surface area contributed by atoms with Crippen LogP contribution >= 0.6 is 24.0 Å². The predicted octanol–water partition coefficient (Wildman–Crippen LogP) is 2.78. The number of benzene rings is 2. The van der Waals surface area contributed by atoms with Crippen LogP contribution in [0, 0.1) is 6.92 Å². The largest absolute Gasteiger partial charge is 0.545 e. The van der Waals surface area contributed by atoms with E-state index in [1.165, 1.54) is 31.3 Å². The number of rotatable bonds is 5. The first-order valence-electron chi connectivity index (χ1n) is 8.18. The van der Waals surface area contributed by atoms with Crippen molar-refractivity contribution in [3.8, 4) is 11.5 Å². The SMILES string of the molecule is COc1cccc(/C=C2\SC(=S)N(c3cc(C(=O)[O-])ccc3C)C2=O)c1OC. The van der Waals surface area contributed by atoms with E-state index in [2.05, 4.69) is 0 Å². The molecule has 0 aromatic heterocycles. The number of para-hydroxylation sites is 1. The summed E-state index contributed by atoms with van der Waals surface area (Å²) in [5, 5.41) is 11.2. The molecule has 0 unspecified atom stereocenters. The Labute approximate surface area is 171 Å². The maximum atomic E-state index is 13.0. The zero-order chi connectivity index (χ0) is 20.4. The first-order valence-corrected chi connectivity index (χ1v) is 9.40. The van der Waals surface area contributed by atoms with E-state index in [9.17, 15) is 14.7 Å². The second-order valence-corrected chi connectivity index (χ2v) is 7.56. The van der Waals surface area contributed by atoms with Gasteiger partial charge < -0.3 is 19.4 Å². The molecule has 0 radical (unpaired) electrons. The number of hydrogen-bond acceptors (Lipinski definition) is 7. The highest BCUT2D eigenvalue weighted by atomic mass is 32.2. The topological polar surface area (TPSA) is 78.9 Å². The fourth-order valence-electron chi connectivity index (χ4n) is 2.82. The molecule has 2 aromatic carbocycles. The number of carbonyl (C=O) groups is 2. The van der Waals surface area contributed by atoms with Crippen molar-refractivity contribution in [1.29, 1.82) is 0 Å². The number of amides is 1. The van der Waals surface area contributed by atoms with Crippen molar-refractivity contribution in [2.75, 3.05) is 19.1 Å². The molecule has 2 aromatic rings. The Balaban J connectivity index is 2.03. The quantitative estimate of drug-likeness (QED) is 0.550. The minimum absolute atomic E-state index is 0.0203. The van der Waals surface area contributed by atoms with E-state index < -0.39 is 5.97 Å². The number of thioether (sulfide) groups is 1. The van der Waals surface area contributed by atoms with Crippen LogP contribution in [-0.4, -0.2) is 30.4 Å². The number of thiocarbonyl (C=S) groups is 1. The molecule has 1 aliphatic heterocycles. The number of carboxylic acid groups (broad SMARTS) is 1. The molecule has 0 spiro atoms. The molecule has 28 heavy (non-hydrogen) atoms. The molecule has 3 rings (SSSR count). The zero-order valence-corrected chi connectivity index (χ0v) is 17.0. The third-order valence-electron chi connectivity index (χ3n) is 4.20. The van der Waals surface area contributed by atoms with Crippen LogP contribution in [-0.2, 0) is 4.79 Å². The molecular weight excluding hydrogens is 398 g/mol. The first kappa shape index (κ1) is 19.9. The minimum atomic E-state index is -1.32. The lowest BCUT2D eigenvalue weighted by molar-refractivity contribution is -0.255. The molecule has 1 saturated heterocycles. The van der Waals surface area contributed by atoms with Crippen LogP contribution in [0.1, 0.15) is 21.5 Å². The average Bonchev–Trinajstić information content (AvgIpc) is 2.95. The summed E-state index contributed by atoms with van der Waals surface area (Å²) in [5.41, 5.74) is 1.79. The molecule has 0 bridgehead atoms. The monoisotopic (exact) mass is 414 g/mol. The van der Waals surface area contributed by atoms with Crippen LogP contribution in [0.4, 0.5) is 5.69 Å². The number of aromatic carboxylic acids is 1. The molecule has 1 fully saturated rings. The third-order valence-corrected chi connectivity index (χ3v) is 5.50. The molecule has 0 saturated carbocycles. The van der Waals surface area contributed by atoms with E-state index in [4.69, 9.17) is 21.7 Å². The smallest absolute Gasteiger partial charge is 0.270 e. The predicted molar refractivity (Wildman–Crippen MR) is 111 cm³/mol. The normalized spacial score (nSPS) is 15.2. The molecule has 8 heteroatoms. The van der Waals surface area contributed by atoms with Crippen LogP contribution in [0.25, 0.3) is 6.08 Å². The number of anilines is 1. The second-order valence-electron chi connectivity index (χ2n) is 5.89. The van der Waals surface area contributed by atoms with Crippen LogP contribution < -0.4 is 19.5 Å². The minimum Gasteiger partial charge on any atom is -0.545 e. The van der Waals surface area contributed by atoms with Gasteiger partial charge >= 0.3 is 0 Å². The van der Waals surface area contributed by atoms with Gasteiger partial charge in [-0.3, -0.25) is 9.69 Å². The molecule has 0 aliphatic carbocycles. The van der Waals surface area contributed by atoms with Gasteiger partial charge in [-0.15, -0.1) is 0 Å². The van der Waals surface area contributed by atoms with Crippen LogP contribution in [0.5, 0.6) is 11.5 Å². The maximum Gasteiger partial charge on any atom is 0.270 e. The van der Waals surface area contributed by atoms with Gasteiger partial charge in [-0.1, -0.05) is 48.2 Å². The number of carboxylic acids is 1. The van der Waals surface area contributed by atoms with Crippen molar-refractivity contribution < 1.29 is 24.2 Å². The summed E-state index contributed by atoms with van der Waals surface area (Å²) in [7, 11) is 3.06. The summed E-state index contributed by atoms with van der Waals surface area (Å²) in [6, 6.07) is 9.80. The molecule has 1 heterocycles. The highest BCUT2D eigenvalue weighted by Gasteiger charge is 2.34. The molecule has 144 valence electrons. The lowest BCUT2D eigenvalue weighted by Gasteiger charge is -2.18. The maximum absolute atomic E-state index is 13.0. The molecule has 6 nitrogen and oxygen atoms in total. The first-order chi connectivity index (χ1) is 13.4. The van der Waals surface area contributed by atoms with Gasteiger partial charge in [0.05, 0.1) is 30.8 Å². The summed E-state index contributed by atoms with van der Waals surface area (Å²) in [6.07, 6.45) is 1.68. The lowest BCUT2D eigenvalue weighted by Crippen LogP contribution is -2.29. The summed E-state index contributed by atoms with van der Waals surface area (Å²) < 4.78 is 11.0. The van der Waals surface area contributed by atoms with Crippen molar-refractivity contribution in [1.82, 2.24) is 0 Å². The number of aryl methyl sites for hydroxylation is 1. The van der Waals surface area contributed by atoms with Gasteiger partial charge in [0.1, 0.15) is 0 Å². The van der Waals surface area contributed by atoms with Gasteiger partial charge in [-0.2, -0.15) is 0 Å². The molecular formula is C20H16NO5S2-. The second kappa shape index (κ2) is 8.04. The molecule has 0 N–H and O–H groups in total. The Bertz CT molecular complexity index is 1020. The van der Waals surface area contributed by atoms with Crippen LogP contribution in [0.3, 0.4) is 0 Å². The van der Waals surface area contributed by atoms with Gasteiger partial charge in [-0.25, -0.2) is 0 Å². The number of hydrogen-bond donors (Lipinski definition) is 0. The lowest BCUT2D eigenvalue weighted by atomic mass is 10.1. The van der Waals surface area contributed by atoms with E-state index in [-0.39, 0.29) is 11.5 Å². The number of ether oxygens (including phenoxy) is 2. The molecule has 0 atom stereocenters. The van der Waals surface area contributed by atoms with Gasteiger partial charge in [-0.05, 0) is 36.3 Å².